The van der Waals surface area contributed by atoms with Gasteiger partial charge in [-0.3, -0.25) is 0 Å². The zero-order chi connectivity index (χ0) is 44.9. The number of fused-ring (bicyclic) bond motifs is 2. The fraction of sp³-hybridized carbons (Fsp3) is 0.500. The number of anilines is 2. The number of benzene rings is 2. The summed E-state index contributed by atoms with van der Waals surface area (Å²) in [6.07, 6.45) is 5.23. The van der Waals surface area contributed by atoms with Crippen LogP contribution in [0.1, 0.15) is 63.0 Å². The number of ether oxygens (including phenoxy) is 4. The smallest absolute Gasteiger partial charge is 0.161 e. The first-order valence-corrected chi connectivity index (χ1v) is 22.5. The van der Waals surface area contributed by atoms with Gasteiger partial charge in [0.05, 0.1) is 55.2 Å². The maximum Gasteiger partial charge on any atom is 0.161 e. The molecule has 342 valence electrons. The quantitative estimate of drug-likeness (QED) is 0.0794. The van der Waals surface area contributed by atoms with Gasteiger partial charge in [0.2, 0.25) is 0 Å². The van der Waals surface area contributed by atoms with Crippen molar-refractivity contribution < 1.29 is 29.2 Å². The number of aliphatic hydroxyl groups excluding tert-OH is 2. The van der Waals surface area contributed by atoms with Gasteiger partial charge in [-0.1, -0.05) is 45.0 Å². The van der Waals surface area contributed by atoms with Crippen molar-refractivity contribution in [2.45, 2.75) is 82.3 Å². The highest BCUT2D eigenvalue weighted by molar-refractivity contribution is 5.71. The minimum absolute atomic E-state index is 0.0122. The van der Waals surface area contributed by atoms with Crippen molar-refractivity contribution in [2.24, 2.45) is 0 Å². The van der Waals surface area contributed by atoms with Crippen LogP contribution < -0.4 is 29.9 Å². The molecule has 6 aromatic rings. The van der Waals surface area contributed by atoms with Gasteiger partial charge in [0.15, 0.2) is 11.3 Å². The first-order valence-electron chi connectivity index (χ1n) is 22.5. The number of aliphatic hydroxyl groups is 2. The van der Waals surface area contributed by atoms with Crippen molar-refractivity contribution >= 4 is 22.9 Å². The van der Waals surface area contributed by atoms with Crippen LogP contribution >= 0.6 is 0 Å². The molecular formula is C48H64N10O6. The number of hydrogen-bond donors (Lipinski definition) is 4. The molecule has 4 aromatic heterocycles. The average Bonchev–Trinajstić information content (AvgIpc) is 4.14. The molecule has 16 heteroatoms. The van der Waals surface area contributed by atoms with E-state index in [0.717, 1.165) is 82.4 Å². The molecule has 64 heavy (non-hydrogen) atoms. The predicted octanol–water partition coefficient (Wildman–Crippen LogP) is 5.16. The normalized spacial score (nSPS) is 19.1. The molecule has 6 atom stereocenters. The summed E-state index contributed by atoms with van der Waals surface area (Å²) in [6, 6.07) is 20.3. The number of hydrogen-bond acceptors (Lipinski definition) is 14. The van der Waals surface area contributed by atoms with E-state index in [1.54, 1.807) is 14.1 Å². The van der Waals surface area contributed by atoms with Gasteiger partial charge in [0, 0.05) is 68.2 Å². The molecule has 0 amide bonds. The molecule has 5 unspecified atom stereocenters. The SMILES string of the molecule is CNCC(O)COc1cccc(-c2cc(N(C)C3CCOC3)n3ncc(C(C)CC4C[C@@H](N(C)c5cc(-c6cccc(OCC(O)CNC)c6)nc6c(C(C)C)cnn56)CO4)c3n2)c1. The number of nitrogens with one attached hydrogen (secondary N) is 2. The lowest BCUT2D eigenvalue weighted by molar-refractivity contribution is 0.0980. The van der Waals surface area contributed by atoms with Gasteiger partial charge in [-0.15, -0.1) is 0 Å². The van der Waals surface area contributed by atoms with Gasteiger partial charge in [0.25, 0.3) is 0 Å². The van der Waals surface area contributed by atoms with E-state index in [2.05, 4.69) is 67.4 Å². The molecule has 0 aliphatic carbocycles. The summed E-state index contributed by atoms with van der Waals surface area (Å²) in [7, 11) is 7.83. The summed E-state index contributed by atoms with van der Waals surface area (Å²) in [5, 5.41) is 36.3. The van der Waals surface area contributed by atoms with Crippen LogP contribution in [0.4, 0.5) is 11.6 Å². The molecule has 8 rings (SSSR count). The van der Waals surface area contributed by atoms with Gasteiger partial charge < -0.3 is 49.6 Å². The van der Waals surface area contributed by atoms with Crippen LogP contribution in [0.5, 0.6) is 11.5 Å². The van der Waals surface area contributed by atoms with E-state index in [4.69, 9.17) is 39.1 Å². The molecular weight excluding hydrogens is 813 g/mol. The highest BCUT2D eigenvalue weighted by Crippen LogP contribution is 2.36. The minimum Gasteiger partial charge on any atom is -0.491 e. The summed E-state index contributed by atoms with van der Waals surface area (Å²) in [5.41, 5.74) is 7.22. The maximum absolute atomic E-state index is 10.3. The molecule has 0 saturated carbocycles. The molecule has 2 saturated heterocycles. The van der Waals surface area contributed by atoms with Crippen LogP contribution in [0.25, 0.3) is 33.8 Å². The highest BCUT2D eigenvalue weighted by Gasteiger charge is 2.33. The summed E-state index contributed by atoms with van der Waals surface area (Å²) >= 11 is 0. The van der Waals surface area contributed by atoms with Crippen LogP contribution in [0, 0.1) is 0 Å². The second kappa shape index (κ2) is 20.2. The van der Waals surface area contributed by atoms with Gasteiger partial charge in [-0.25, -0.2) is 9.97 Å². The van der Waals surface area contributed by atoms with E-state index >= 15 is 0 Å². The Morgan fingerprint density at radius 2 is 1.30 bits per heavy atom. The number of nitrogens with zero attached hydrogens (tertiary/aromatic N) is 8. The van der Waals surface area contributed by atoms with Crippen LogP contribution in [0.3, 0.4) is 0 Å². The molecule has 6 heterocycles. The third-order valence-corrected chi connectivity index (χ3v) is 12.5. The summed E-state index contributed by atoms with van der Waals surface area (Å²) in [6.45, 7) is 9.78. The van der Waals surface area contributed by atoms with Crippen LogP contribution in [0.15, 0.2) is 73.1 Å². The largest absolute Gasteiger partial charge is 0.491 e. The van der Waals surface area contributed by atoms with E-state index in [0.29, 0.717) is 37.8 Å². The first kappa shape index (κ1) is 45.2. The molecule has 0 spiro atoms. The van der Waals surface area contributed by atoms with Crippen molar-refractivity contribution in [3.63, 3.8) is 0 Å². The first-order chi connectivity index (χ1) is 31.0. The van der Waals surface area contributed by atoms with Crippen LogP contribution in [-0.4, -0.2) is 144 Å². The summed E-state index contributed by atoms with van der Waals surface area (Å²) in [5.74, 6) is 3.53. The van der Waals surface area contributed by atoms with Crippen molar-refractivity contribution in [3.8, 4) is 34.0 Å². The van der Waals surface area contributed by atoms with E-state index in [-0.39, 0.29) is 43.2 Å². The lowest BCUT2D eigenvalue weighted by atomic mass is 9.95. The van der Waals surface area contributed by atoms with E-state index in [1.165, 1.54) is 0 Å². The number of aromatic nitrogens is 6. The van der Waals surface area contributed by atoms with Crippen LogP contribution in [-0.2, 0) is 9.47 Å². The molecule has 0 bridgehead atoms. The lowest BCUT2D eigenvalue weighted by Gasteiger charge is -2.27. The van der Waals surface area contributed by atoms with Gasteiger partial charge in [0.1, 0.15) is 48.6 Å². The maximum atomic E-state index is 10.3. The molecule has 16 nitrogen and oxygen atoms in total. The van der Waals surface area contributed by atoms with Gasteiger partial charge in [-0.2, -0.15) is 19.2 Å². The monoisotopic (exact) mass is 877 g/mol. The zero-order valence-electron chi connectivity index (χ0n) is 38.1. The second-order valence-corrected chi connectivity index (χ2v) is 17.6. The number of rotatable bonds is 20. The topological polar surface area (TPSA) is 168 Å². The molecule has 4 N–H and O–H groups in total. The minimum atomic E-state index is -0.619. The molecule has 2 aliphatic heterocycles. The third kappa shape index (κ3) is 9.97. The predicted molar refractivity (Wildman–Crippen MR) is 249 cm³/mol. The summed E-state index contributed by atoms with van der Waals surface area (Å²) in [4.78, 5) is 15.0. The molecule has 2 aromatic carbocycles. The Bertz CT molecular complexity index is 2490. The van der Waals surface area contributed by atoms with Crippen molar-refractivity contribution in [1.82, 2.24) is 39.8 Å². The Kier molecular flexibility index (Phi) is 14.3. The molecule has 2 fully saturated rings. The lowest BCUT2D eigenvalue weighted by Crippen LogP contribution is -2.34. The van der Waals surface area contributed by atoms with E-state index < -0.39 is 12.2 Å². The fourth-order valence-electron chi connectivity index (χ4n) is 8.79. The Morgan fingerprint density at radius 1 is 0.750 bits per heavy atom. The fourth-order valence-corrected chi connectivity index (χ4v) is 8.79. The Hall–Kier alpha value is -5.36. The Morgan fingerprint density at radius 3 is 1.83 bits per heavy atom. The molecule has 0 radical (unpaired) electrons. The van der Waals surface area contributed by atoms with Crippen molar-refractivity contribution in [1.29, 1.82) is 0 Å². The van der Waals surface area contributed by atoms with Gasteiger partial charge in [-0.05, 0) is 69.5 Å². The third-order valence-electron chi connectivity index (χ3n) is 12.5. The van der Waals surface area contributed by atoms with E-state index in [9.17, 15) is 10.2 Å². The van der Waals surface area contributed by atoms with E-state index in [1.807, 2.05) is 70.0 Å². The Labute approximate surface area is 375 Å². The summed E-state index contributed by atoms with van der Waals surface area (Å²) < 4.78 is 28.3. The van der Waals surface area contributed by atoms with Crippen LogP contribution in [0.2, 0.25) is 0 Å². The van der Waals surface area contributed by atoms with Crippen molar-refractivity contribution in [3.05, 3.63) is 84.2 Å². The highest BCUT2D eigenvalue weighted by atomic mass is 16.5. The Balaban J connectivity index is 1.03. The van der Waals surface area contributed by atoms with Crippen molar-refractivity contribution in [2.75, 3.05) is 84.1 Å². The second-order valence-electron chi connectivity index (χ2n) is 17.6. The van der Waals surface area contributed by atoms with Gasteiger partial charge >= 0.3 is 0 Å². The number of likely N-dealkylation sites (N-methyl/N-ethyl adjacent to an activating group) is 4. The zero-order valence-corrected chi connectivity index (χ0v) is 38.1. The standard InChI is InChI=1S/C48H64N10O6/c1-30(2)41-24-51-57-46(21-43(53-47(41)57)32-10-8-12-38(17-32)63-28-36(59)22-49-4)56(7)35-19-40(62-27-35)16-31(3)42-25-52-58-45(55(6)34-14-15-61-26-34)20-44(54-48(42)58)33-11-9-13-39(18-33)64-29-37(60)23-50-5/h8-13,17-18,20-21,24-25,30-31,34-37,40,49-50,59-60H,14-16,19,22-23,26-29H2,1-7H3/t31?,34?,35-,36?,37?,40?/m1/s1. The average molecular weight is 877 g/mol. The molecule has 2 aliphatic rings.